The number of aryl methyl sites for hydroxylation is 2. The molecule has 2 atom stereocenters. The van der Waals surface area contributed by atoms with E-state index in [9.17, 15) is 15.0 Å². The Morgan fingerprint density at radius 1 is 1.08 bits per heavy atom. The summed E-state index contributed by atoms with van der Waals surface area (Å²) in [5.41, 5.74) is 2.96. The van der Waals surface area contributed by atoms with Crippen LogP contribution >= 0.6 is 0 Å². The van der Waals surface area contributed by atoms with Crippen LogP contribution in [0.1, 0.15) is 47.9 Å². The average Bonchev–Trinajstić information content (AvgIpc) is 3.26. The molecule has 2 aliphatic rings. The van der Waals surface area contributed by atoms with E-state index in [4.69, 9.17) is 9.47 Å². The molecule has 7 nitrogen and oxygen atoms in total. The Labute approximate surface area is 214 Å². The average molecular weight is 497 g/mol. The quantitative estimate of drug-likeness (QED) is 0.491. The normalized spacial score (nSPS) is 22.8. The number of carbonyl (C=O) groups excluding carboxylic acids is 1. The molecule has 36 heavy (non-hydrogen) atoms. The van der Waals surface area contributed by atoms with Crippen molar-refractivity contribution < 1.29 is 24.5 Å². The van der Waals surface area contributed by atoms with E-state index >= 15 is 0 Å². The molecule has 2 aromatic carbocycles. The third-order valence-electron chi connectivity index (χ3n) is 7.49. The molecule has 2 N–H and O–H groups in total. The van der Waals surface area contributed by atoms with E-state index in [0.717, 1.165) is 59.7 Å². The SMILES string of the molecule is Cc1ccc(C)c(OC[C@@]2(O)CN(Cc3cccc(OCCCN4CCCC4=O)c3)CC[C@@H]2O)c1C. The Bertz CT molecular complexity index is 1060. The summed E-state index contributed by atoms with van der Waals surface area (Å²) < 4.78 is 12.0. The third kappa shape index (κ3) is 6.38. The molecule has 0 bridgehead atoms. The number of amides is 1. The van der Waals surface area contributed by atoms with Crippen LogP contribution in [0.15, 0.2) is 36.4 Å². The van der Waals surface area contributed by atoms with Crippen LogP contribution in [0.25, 0.3) is 0 Å². The molecule has 2 saturated heterocycles. The van der Waals surface area contributed by atoms with Gasteiger partial charge in [-0.2, -0.15) is 0 Å². The smallest absolute Gasteiger partial charge is 0.222 e. The number of aliphatic hydroxyl groups excluding tert-OH is 1. The van der Waals surface area contributed by atoms with Crippen molar-refractivity contribution in [2.75, 3.05) is 39.4 Å². The molecule has 0 unspecified atom stereocenters. The van der Waals surface area contributed by atoms with Gasteiger partial charge in [0.2, 0.25) is 5.91 Å². The summed E-state index contributed by atoms with van der Waals surface area (Å²) in [6.07, 6.45) is 2.09. The first-order chi connectivity index (χ1) is 17.2. The van der Waals surface area contributed by atoms with Crippen LogP contribution in [-0.2, 0) is 11.3 Å². The highest BCUT2D eigenvalue weighted by Crippen LogP contribution is 2.29. The Kier molecular flexibility index (Phi) is 8.54. The van der Waals surface area contributed by atoms with Crippen molar-refractivity contribution in [2.45, 2.75) is 64.7 Å². The largest absolute Gasteiger partial charge is 0.494 e. The molecular weight excluding hydrogens is 456 g/mol. The number of piperidine rings is 1. The van der Waals surface area contributed by atoms with Crippen LogP contribution in [0.2, 0.25) is 0 Å². The second-order valence-corrected chi connectivity index (χ2v) is 10.4. The first kappa shape index (κ1) is 26.5. The van der Waals surface area contributed by atoms with E-state index in [1.807, 2.05) is 49.9 Å². The fourth-order valence-electron chi connectivity index (χ4n) is 5.14. The third-order valence-corrected chi connectivity index (χ3v) is 7.49. The lowest BCUT2D eigenvalue weighted by atomic mass is 9.90. The summed E-state index contributed by atoms with van der Waals surface area (Å²) in [5.74, 6) is 1.84. The van der Waals surface area contributed by atoms with Crippen molar-refractivity contribution in [2.24, 2.45) is 0 Å². The molecule has 2 aromatic rings. The molecule has 0 aliphatic carbocycles. The van der Waals surface area contributed by atoms with Gasteiger partial charge in [-0.05, 0) is 74.4 Å². The summed E-state index contributed by atoms with van der Waals surface area (Å²) in [6, 6.07) is 12.1. The minimum atomic E-state index is -1.35. The van der Waals surface area contributed by atoms with Crippen molar-refractivity contribution in [3.8, 4) is 11.5 Å². The van der Waals surface area contributed by atoms with Gasteiger partial charge in [-0.3, -0.25) is 9.69 Å². The number of carbonyl (C=O) groups is 1. The molecule has 196 valence electrons. The van der Waals surface area contributed by atoms with Crippen molar-refractivity contribution in [1.82, 2.24) is 9.80 Å². The number of hydrogen-bond acceptors (Lipinski definition) is 6. The fourth-order valence-corrected chi connectivity index (χ4v) is 5.14. The number of aliphatic hydroxyl groups is 2. The summed E-state index contributed by atoms with van der Waals surface area (Å²) >= 11 is 0. The zero-order chi connectivity index (χ0) is 25.7. The molecule has 1 amide bonds. The molecule has 0 radical (unpaired) electrons. The van der Waals surface area contributed by atoms with Crippen LogP contribution in [0.5, 0.6) is 11.5 Å². The number of nitrogens with zero attached hydrogens (tertiary/aromatic N) is 2. The maximum Gasteiger partial charge on any atom is 0.222 e. The topological polar surface area (TPSA) is 82.5 Å². The Morgan fingerprint density at radius 3 is 2.67 bits per heavy atom. The number of β-amino-alcohol motifs (C(OH)–C–C–N with tert-alkyl or cyclic N) is 1. The van der Waals surface area contributed by atoms with Crippen molar-refractivity contribution in [3.05, 3.63) is 58.7 Å². The maximum absolute atomic E-state index is 11.7. The van der Waals surface area contributed by atoms with Crippen molar-refractivity contribution >= 4 is 5.91 Å². The summed E-state index contributed by atoms with van der Waals surface area (Å²) in [4.78, 5) is 15.8. The van der Waals surface area contributed by atoms with E-state index in [1.165, 1.54) is 0 Å². The van der Waals surface area contributed by atoms with E-state index in [2.05, 4.69) is 17.0 Å². The van der Waals surface area contributed by atoms with Crippen molar-refractivity contribution in [1.29, 1.82) is 0 Å². The fraction of sp³-hybridized carbons (Fsp3) is 0.552. The first-order valence-electron chi connectivity index (χ1n) is 13.1. The van der Waals surface area contributed by atoms with Crippen molar-refractivity contribution in [3.63, 3.8) is 0 Å². The van der Waals surface area contributed by atoms with Crippen LogP contribution in [0.3, 0.4) is 0 Å². The molecular formula is C29H40N2O5. The van der Waals surface area contributed by atoms with Gasteiger partial charge in [-0.1, -0.05) is 24.3 Å². The summed E-state index contributed by atoms with van der Waals surface area (Å²) in [5, 5.41) is 22.0. The highest BCUT2D eigenvalue weighted by molar-refractivity contribution is 5.77. The lowest BCUT2D eigenvalue weighted by molar-refractivity contribution is -0.140. The predicted molar refractivity (Wildman–Crippen MR) is 139 cm³/mol. The van der Waals surface area contributed by atoms with Gasteiger partial charge in [0.15, 0.2) is 0 Å². The van der Waals surface area contributed by atoms with Crippen LogP contribution in [0.4, 0.5) is 0 Å². The molecule has 7 heteroatoms. The van der Waals surface area contributed by atoms with Gasteiger partial charge in [-0.25, -0.2) is 0 Å². The van der Waals surface area contributed by atoms with E-state index in [-0.39, 0.29) is 12.5 Å². The molecule has 0 saturated carbocycles. The van der Waals surface area contributed by atoms with Gasteiger partial charge in [0.1, 0.15) is 23.7 Å². The predicted octanol–water partition coefficient (Wildman–Crippen LogP) is 3.38. The first-order valence-corrected chi connectivity index (χ1v) is 13.1. The lowest BCUT2D eigenvalue weighted by Gasteiger charge is -2.42. The van der Waals surface area contributed by atoms with Crippen LogP contribution in [0, 0.1) is 20.8 Å². The van der Waals surface area contributed by atoms with E-state index < -0.39 is 11.7 Å². The zero-order valence-electron chi connectivity index (χ0n) is 21.8. The van der Waals surface area contributed by atoms with Gasteiger partial charge < -0.3 is 24.6 Å². The van der Waals surface area contributed by atoms with Gasteiger partial charge in [0, 0.05) is 39.1 Å². The molecule has 0 spiro atoms. The number of benzene rings is 2. The second kappa shape index (κ2) is 11.6. The highest BCUT2D eigenvalue weighted by Gasteiger charge is 2.42. The van der Waals surface area contributed by atoms with Gasteiger partial charge in [0.05, 0.1) is 12.7 Å². The van der Waals surface area contributed by atoms with E-state index in [0.29, 0.717) is 39.1 Å². The minimum absolute atomic E-state index is 0.0402. The van der Waals surface area contributed by atoms with Gasteiger partial charge in [-0.15, -0.1) is 0 Å². The summed E-state index contributed by atoms with van der Waals surface area (Å²) in [7, 11) is 0. The highest BCUT2D eigenvalue weighted by atomic mass is 16.5. The second-order valence-electron chi connectivity index (χ2n) is 10.4. The molecule has 2 heterocycles. The monoisotopic (exact) mass is 496 g/mol. The Balaban J connectivity index is 1.30. The van der Waals surface area contributed by atoms with Crippen LogP contribution in [-0.4, -0.2) is 77.0 Å². The molecule has 2 aliphatic heterocycles. The molecule has 0 aromatic heterocycles. The standard InChI is InChI=1S/C29H40N2O5/c1-21-10-11-22(2)28(23(21)3)36-20-29(34)19-30(15-12-26(29)32)18-24-7-4-8-25(17-24)35-16-6-14-31-13-5-9-27(31)33/h4,7-8,10-11,17,26,32,34H,5-6,9,12-16,18-20H2,1-3H3/t26-,29-/m0/s1. The Hall–Kier alpha value is -2.61. The van der Waals surface area contributed by atoms with Crippen LogP contribution < -0.4 is 9.47 Å². The number of ether oxygens (including phenoxy) is 2. The van der Waals surface area contributed by atoms with E-state index in [1.54, 1.807) is 0 Å². The van der Waals surface area contributed by atoms with Gasteiger partial charge >= 0.3 is 0 Å². The molecule has 2 fully saturated rings. The summed E-state index contributed by atoms with van der Waals surface area (Å²) in [6.45, 7) is 9.95. The lowest BCUT2D eigenvalue weighted by Crippen LogP contribution is -2.59. The van der Waals surface area contributed by atoms with Gasteiger partial charge in [0.25, 0.3) is 0 Å². The number of rotatable bonds is 10. The Morgan fingerprint density at radius 2 is 1.89 bits per heavy atom. The molecule has 4 rings (SSSR count). The number of likely N-dealkylation sites (tertiary alicyclic amines) is 2. The maximum atomic E-state index is 11.7. The number of hydrogen-bond donors (Lipinski definition) is 2. The zero-order valence-corrected chi connectivity index (χ0v) is 21.8. The minimum Gasteiger partial charge on any atom is -0.494 e.